The first-order chi connectivity index (χ1) is 14.4. The number of rotatable bonds is 8. The lowest BCUT2D eigenvalue weighted by atomic mass is 9.93. The van der Waals surface area contributed by atoms with Crippen LogP contribution in [0.25, 0.3) is 0 Å². The average molecular weight is 455 g/mol. The Labute approximate surface area is 175 Å². The van der Waals surface area contributed by atoms with E-state index in [4.69, 9.17) is 4.74 Å². The Balaban J connectivity index is 2.28. The van der Waals surface area contributed by atoms with E-state index in [1.165, 1.54) is 35.2 Å². The molecule has 0 fully saturated rings. The van der Waals surface area contributed by atoms with Gasteiger partial charge >= 0.3 is 18.5 Å². The largest absolute Gasteiger partial charge is 0.572 e. The van der Waals surface area contributed by atoms with Crippen LogP contribution in [-0.4, -0.2) is 49.4 Å². The zero-order valence-electron chi connectivity index (χ0n) is 16.7. The van der Waals surface area contributed by atoms with E-state index in [0.717, 1.165) is 0 Å². The number of aliphatic hydroxyl groups is 1. The number of anilines is 1. The summed E-state index contributed by atoms with van der Waals surface area (Å²) >= 11 is 0. The Morgan fingerprint density at radius 3 is 2.58 bits per heavy atom. The number of carbonyl (C=O) groups excluding carboxylic acids is 1. The summed E-state index contributed by atoms with van der Waals surface area (Å²) < 4.78 is 85.2. The molecule has 1 aromatic rings. The van der Waals surface area contributed by atoms with Crippen molar-refractivity contribution >= 4 is 11.7 Å². The van der Waals surface area contributed by atoms with E-state index in [2.05, 4.69) is 4.74 Å². The summed E-state index contributed by atoms with van der Waals surface area (Å²) in [7, 11) is 0. The molecule has 31 heavy (non-hydrogen) atoms. The van der Waals surface area contributed by atoms with Gasteiger partial charge in [0.15, 0.2) is 6.10 Å². The molecule has 0 spiro atoms. The van der Waals surface area contributed by atoms with Crippen molar-refractivity contribution in [3.05, 3.63) is 41.7 Å². The molecule has 0 heterocycles. The highest BCUT2D eigenvalue weighted by Crippen LogP contribution is 2.31. The maximum Gasteiger partial charge on any atom is 0.572 e. The molecule has 1 aromatic carbocycles. The monoisotopic (exact) mass is 455 g/mol. The number of alkyl halides is 6. The third-order valence-corrected chi connectivity index (χ3v) is 4.62. The second kappa shape index (κ2) is 10.3. The maximum absolute atomic E-state index is 13.0. The predicted octanol–water partition coefficient (Wildman–Crippen LogP) is 4.81. The van der Waals surface area contributed by atoms with Gasteiger partial charge in [-0.3, -0.25) is 0 Å². The van der Waals surface area contributed by atoms with Crippen molar-refractivity contribution in [1.82, 2.24) is 0 Å². The molecule has 2 atom stereocenters. The molecule has 5 nitrogen and oxygen atoms in total. The number of benzene rings is 1. The van der Waals surface area contributed by atoms with Crippen LogP contribution >= 0.6 is 0 Å². The molecule has 1 N–H and O–H groups in total. The summed E-state index contributed by atoms with van der Waals surface area (Å²) in [4.78, 5) is 13.2. The SMILES string of the molecule is CCOC(=O)c1cccc(N(CC2C=C(OC(F)(F)F)CCC2)CC(O)C(F)(F)F)c1. The van der Waals surface area contributed by atoms with Crippen LogP contribution in [-0.2, 0) is 9.47 Å². The van der Waals surface area contributed by atoms with Crippen LogP contribution in [0.3, 0.4) is 0 Å². The van der Waals surface area contributed by atoms with Crippen molar-refractivity contribution in [3.8, 4) is 0 Å². The fourth-order valence-corrected chi connectivity index (χ4v) is 3.27. The third-order valence-electron chi connectivity index (χ3n) is 4.62. The van der Waals surface area contributed by atoms with Crippen LogP contribution in [0.4, 0.5) is 32.0 Å². The number of hydrogen-bond donors (Lipinski definition) is 1. The van der Waals surface area contributed by atoms with E-state index in [1.54, 1.807) is 6.92 Å². The van der Waals surface area contributed by atoms with E-state index < -0.39 is 37.1 Å². The zero-order valence-corrected chi connectivity index (χ0v) is 16.7. The Bertz CT molecular complexity index is 778. The van der Waals surface area contributed by atoms with Gasteiger partial charge in [0.1, 0.15) is 5.76 Å². The van der Waals surface area contributed by atoms with Gasteiger partial charge in [0, 0.05) is 18.7 Å². The first kappa shape index (κ1) is 24.8. The van der Waals surface area contributed by atoms with Crippen molar-refractivity contribution in [1.29, 1.82) is 0 Å². The molecular weight excluding hydrogens is 432 g/mol. The molecule has 0 saturated carbocycles. The first-order valence-electron chi connectivity index (χ1n) is 9.62. The van der Waals surface area contributed by atoms with Crippen molar-refractivity contribution in [2.75, 3.05) is 24.6 Å². The lowest BCUT2D eigenvalue weighted by Gasteiger charge is -2.32. The van der Waals surface area contributed by atoms with Gasteiger partial charge in [0.25, 0.3) is 0 Å². The Morgan fingerprint density at radius 1 is 1.26 bits per heavy atom. The standard InChI is InChI=1S/C20H23F6NO4/c1-2-30-18(29)14-6-4-7-15(10-14)27(12-17(28)19(21,22)23)11-13-5-3-8-16(9-13)31-20(24,25)26/h4,6-7,9-10,13,17,28H,2-3,5,8,11-12H2,1H3. The topological polar surface area (TPSA) is 59.0 Å². The molecule has 174 valence electrons. The predicted molar refractivity (Wildman–Crippen MR) is 99.2 cm³/mol. The summed E-state index contributed by atoms with van der Waals surface area (Å²) in [5.74, 6) is -1.50. The van der Waals surface area contributed by atoms with E-state index in [1.807, 2.05) is 0 Å². The van der Waals surface area contributed by atoms with Gasteiger partial charge < -0.3 is 19.5 Å². The lowest BCUT2D eigenvalue weighted by molar-refractivity contribution is -0.307. The minimum Gasteiger partial charge on any atom is -0.462 e. The van der Waals surface area contributed by atoms with Gasteiger partial charge in [-0.25, -0.2) is 4.79 Å². The van der Waals surface area contributed by atoms with Crippen LogP contribution in [0, 0.1) is 5.92 Å². The number of nitrogens with zero attached hydrogens (tertiary/aromatic N) is 1. The quantitative estimate of drug-likeness (QED) is 0.450. The van der Waals surface area contributed by atoms with Crippen LogP contribution < -0.4 is 4.90 Å². The van der Waals surface area contributed by atoms with Crippen LogP contribution in [0.5, 0.6) is 0 Å². The van der Waals surface area contributed by atoms with E-state index in [9.17, 15) is 36.2 Å². The molecule has 0 amide bonds. The summed E-state index contributed by atoms with van der Waals surface area (Å²) in [6.07, 6.45) is -10.3. The van der Waals surface area contributed by atoms with Crippen molar-refractivity contribution in [2.45, 2.75) is 44.8 Å². The molecule has 2 unspecified atom stereocenters. The summed E-state index contributed by atoms with van der Waals surface area (Å²) in [6, 6.07) is 5.64. The molecule has 1 aliphatic carbocycles. The fraction of sp³-hybridized carbons (Fsp3) is 0.550. The van der Waals surface area contributed by atoms with Crippen LogP contribution in [0.15, 0.2) is 36.1 Å². The zero-order chi connectivity index (χ0) is 23.2. The highest BCUT2D eigenvalue weighted by atomic mass is 19.4. The minimum atomic E-state index is -4.88. The van der Waals surface area contributed by atoms with Gasteiger partial charge in [-0.2, -0.15) is 13.2 Å². The second-order valence-corrected chi connectivity index (χ2v) is 7.07. The second-order valence-electron chi connectivity index (χ2n) is 7.07. The Kier molecular flexibility index (Phi) is 8.21. The third kappa shape index (κ3) is 7.97. The normalized spacial score (nSPS) is 18.2. The number of aliphatic hydroxyl groups excluding tert-OH is 1. The van der Waals surface area contributed by atoms with Gasteiger partial charge in [0.05, 0.1) is 18.7 Å². The molecule has 0 radical (unpaired) electrons. The summed E-state index contributed by atoms with van der Waals surface area (Å²) in [5, 5.41) is 9.57. The number of hydrogen-bond acceptors (Lipinski definition) is 5. The van der Waals surface area contributed by atoms with Gasteiger partial charge in [-0.15, -0.1) is 13.2 Å². The van der Waals surface area contributed by atoms with Crippen molar-refractivity contribution in [2.24, 2.45) is 5.92 Å². The lowest BCUT2D eigenvalue weighted by Crippen LogP contribution is -2.43. The Hall–Kier alpha value is -2.43. The molecule has 2 rings (SSSR count). The highest BCUT2D eigenvalue weighted by Gasteiger charge is 2.40. The molecule has 11 heteroatoms. The molecule has 0 aliphatic heterocycles. The van der Waals surface area contributed by atoms with Gasteiger partial charge in [0.2, 0.25) is 0 Å². The molecular formula is C20H23F6NO4. The molecule has 0 bridgehead atoms. The number of esters is 1. The van der Waals surface area contributed by atoms with E-state index in [0.29, 0.717) is 12.8 Å². The summed E-state index contributed by atoms with van der Waals surface area (Å²) in [6.45, 7) is 0.748. The molecule has 0 saturated heterocycles. The number of carbonyl (C=O) groups is 1. The van der Waals surface area contributed by atoms with Crippen LogP contribution in [0.2, 0.25) is 0 Å². The van der Waals surface area contributed by atoms with E-state index in [-0.39, 0.29) is 36.6 Å². The van der Waals surface area contributed by atoms with Crippen molar-refractivity contribution in [3.63, 3.8) is 0 Å². The minimum absolute atomic E-state index is 0.0690. The van der Waals surface area contributed by atoms with Crippen LogP contribution in [0.1, 0.15) is 36.5 Å². The van der Waals surface area contributed by atoms with Gasteiger partial charge in [-0.1, -0.05) is 6.07 Å². The number of ether oxygens (including phenoxy) is 2. The molecule has 0 aromatic heterocycles. The van der Waals surface area contributed by atoms with E-state index >= 15 is 0 Å². The highest BCUT2D eigenvalue weighted by molar-refractivity contribution is 5.90. The first-order valence-corrected chi connectivity index (χ1v) is 9.62. The fourth-order valence-electron chi connectivity index (χ4n) is 3.27. The smallest absolute Gasteiger partial charge is 0.462 e. The maximum atomic E-state index is 13.0. The number of halogens is 6. The number of allylic oxidation sites excluding steroid dienone is 1. The van der Waals surface area contributed by atoms with Gasteiger partial charge in [-0.05, 0) is 50.0 Å². The average Bonchev–Trinajstić information content (AvgIpc) is 2.66. The van der Waals surface area contributed by atoms with Crippen molar-refractivity contribution < 1.29 is 45.7 Å². The summed E-state index contributed by atoms with van der Waals surface area (Å²) in [5.41, 5.74) is 0.303. The Morgan fingerprint density at radius 2 is 1.97 bits per heavy atom. The molecule has 1 aliphatic rings.